The second-order valence-electron chi connectivity index (χ2n) is 7.37. The van der Waals surface area contributed by atoms with Gasteiger partial charge in [0.1, 0.15) is 6.04 Å². The van der Waals surface area contributed by atoms with Crippen LogP contribution in [0.5, 0.6) is 0 Å². The molecule has 0 unspecified atom stereocenters. The first-order chi connectivity index (χ1) is 12.5. The highest BCUT2D eigenvalue weighted by molar-refractivity contribution is 5.79. The van der Waals surface area contributed by atoms with E-state index in [0.717, 1.165) is 31.7 Å². The first kappa shape index (κ1) is 20.8. The average Bonchev–Trinajstić information content (AvgIpc) is 3.06. The zero-order chi connectivity index (χ0) is 18.9. The third-order valence-corrected chi connectivity index (χ3v) is 4.75. The fourth-order valence-corrected chi connectivity index (χ4v) is 3.21. The summed E-state index contributed by atoms with van der Waals surface area (Å²) in [6, 6.07) is 8.24. The largest absolute Gasteiger partial charge is 0.368 e. The highest BCUT2D eigenvalue weighted by Crippen LogP contribution is 2.19. The van der Waals surface area contributed by atoms with Crippen LogP contribution in [0.2, 0.25) is 0 Å². The van der Waals surface area contributed by atoms with Gasteiger partial charge in [0.05, 0.1) is 6.61 Å². The average molecular weight is 363 g/mol. The van der Waals surface area contributed by atoms with Crippen molar-refractivity contribution in [1.82, 2.24) is 14.9 Å². The lowest BCUT2D eigenvalue weighted by molar-refractivity contribution is -0.154. The Hall–Kier alpha value is -1.47. The normalized spacial score (nSPS) is 18.1. The van der Waals surface area contributed by atoms with Crippen LogP contribution in [0, 0.1) is 0 Å². The Morgan fingerprint density at radius 3 is 2.73 bits per heavy atom. The SMILES string of the molecule is CCCCN(CCN(C)C)Cc1cccc(CN2OCC[C@H]2C(N)=O)c1. The Morgan fingerprint density at radius 1 is 1.27 bits per heavy atom. The molecule has 1 saturated heterocycles. The topological polar surface area (TPSA) is 62.0 Å². The van der Waals surface area contributed by atoms with Crippen LogP contribution < -0.4 is 5.73 Å². The lowest BCUT2D eigenvalue weighted by atomic mass is 10.1. The van der Waals surface area contributed by atoms with E-state index in [0.29, 0.717) is 19.6 Å². The van der Waals surface area contributed by atoms with Crippen LogP contribution in [0.1, 0.15) is 37.3 Å². The van der Waals surface area contributed by atoms with Crippen LogP contribution in [0.25, 0.3) is 0 Å². The molecule has 1 aromatic rings. The van der Waals surface area contributed by atoms with Gasteiger partial charge in [-0.15, -0.1) is 0 Å². The molecule has 1 aliphatic heterocycles. The van der Waals surface area contributed by atoms with Crippen molar-refractivity contribution in [2.45, 2.75) is 45.3 Å². The van der Waals surface area contributed by atoms with Gasteiger partial charge in [-0.2, -0.15) is 5.06 Å². The molecule has 1 atom stereocenters. The molecular weight excluding hydrogens is 328 g/mol. The highest BCUT2D eigenvalue weighted by atomic mass is 16.7. The van der Waals surface area contributed by atoms with Crippen molar-refractivity contribution in [1.29, 1.82) is 0 Å². The van der Waals surface area contributed by atoms with Gasteiger partial charge in [0, 0.05) is 26.2 Å². The van der Waals surface area contributed by atoms with Crippen LogP contribution >= 0.6 is 0 Å². The van der Waals surface area contributed by atoms with E-state index in [1.54, 1.807) is 5.06 Å². The summed E-state index contributed by atoms with van der Waals surface area (Å²) >= 11 is 0. The maximum Gasteiger partial charge on any atom is 0.237 e. The maximum atomic E-state index is 11.5. The number of hydroxylamine groups is 2. The van der Waals surface area contributed by atoms with E-state index in [1.165, 1.54) is 18.4 Å². The van der Waals surface area contributed by atoms with Gasteiger partial charge in [-0.3, -0.25) is 14.5 Å². The van der Waals surface area contributed by atoms with Crippen LogP contribution in [0.4, 0.5) is 0 Å². The molecule has 1 aliphatic rings. The van der Waals surface area contributed by atoms with Gasteiger partial charge in [0.15, 0.2) is 0 Å². The van der Waals surface area contributed by atoms with E-state index in [9.17, 15) is 4.79 Å². The smallest absolute Gasteiger partial charge is 0.237 e. The van der Waals surface area contributed by atoms with Gasteiger partial charge < -0.3 is 10.6 Å². The summed E-state index contributed by atoms with van der Waals surface area (Å²) in [7, 11) is 4.23. The number of rotatable bonds is 11. The summed E-state index contributed by atoms with van der Waals surface area (Å²) in [5.41, 5.74) is 7.92. The minimum absolute atomic E-state index is 0.312. The van der Waals surface area contributed by atoms with E-state index in [4.69, 9.17) is 10.6 Å². The number of carbonyl (C=O) groups is 1. The van der Waals surface area contributed by atoms with Crippen molar-refractivity contribution >= 4 is 5.91 Å². The predicted octanol–water partition coefficient (Wildman–Crippen LogP) is 1.84. The maximum absolute atomic E-state index is 11.5. The fraction of sp³-hybridized carbons (Fsp3) is 0.650. The molecule has 0 bridgehead atoms. The number of nitrogens with zero attached hydrogens (tertiary/aromatic N) is 3. The minimum Gasteiger partial charge on any atom is -0.368 e. The summed E-state index contributed by atoms with van der Waals surface area (Å²) in [6.07, 6.45) is 3.10. The van der Waals surface area contributed by atoms with Crippen molar-refractivity contribution in [2.75, 3.05) is 40.3 Å². The Labute approximate surface area is 157 Å². The molecule has 0 radical (unpaired) electrons. The number of unbranched alkanes of at least 4 members (excludes halogenated alkanes) is 1. The van der Waals surface area contributed by atoms with Gasteiger partial charge in [-0.05, 0) is 44.6 Å². The zero-order valence-corrected chi connectivity index (χ0v) is 16.5. The Balaban J connectivity index is 1.98. The number of amides is 1. The number of carbonyl (C=O) groups excluding carboxylic acids is 1. The van der Waals surface area contributed by atoms with Crippen LogP contribution in [0.15, 0.2) is 24.3 Å². The standard InChI is InChI=1S/C20H34N4O2/c1-4-5-10-23(12-11-22(2)3)15-17-7-6-8-18(14-17)16-24-19(20(21)25)9-13-26-24/h6-8,14,19H,4-5,9-13,15-16H2,1-3H3,(H2,21,25)/t19-/m0/s1. The van der Waals surface area contributed by atoms with Crippen molar-refractivity contribution < 1.29 is 9.63 Å². The molecule has 26 heavy (non-hydrogen) atoms. The molecular formula is C20H34N4O2. The molecule has 146 valence electrons. The molecule has 1 aromatic carbocycles. The first-order valence-electron chi connectivity index (χ1n) is 9.63. The lowest BCUT2D eigenvalue weighted by Gasteiger charge is -2.25. The fourth-order valence-electron chi connectivity index (χ4n) is 3.21. The Morgan fingerprint density at radius 2 is 2.04 bits per heavy atom. The molecule has 2 N–H and O–H groups in total. The molecule has 1 fully saturated rings. The second kappa shape index (κ2) is 10.6. The Kier molecular flexibility index (Phi) is 8.51. The van der Waals surface area contributed by atoms with Crippen molar-refractivity contribution in [3.8, 4) is 0 Å². The number of hydrogen-bond donors (Lipinski definition) is 1. The molecule has 0 spiro atoms. The molecule has 1 heterocycles. The van der Waals surface area contributed by atoms with Crippen LogP contribution in [-0.2, 0) is 22.7 Å². The van der Waals surface area contributed by atoms with E-state index in [-0.39, 0.29) is 11.9 Å². The quantitative estimate of drug-likeness (QED) is 0.651. The predicted molar refractivity (Wildman–Crippen MR) is 104 cm³/mol. The van der Waals surface area contributed by atoms with Gasteiger partial charge in [0.25, 0.3) is 0 Å². The van der Waals surface area contributed by atoms with Crippen LogP contribution in [0.3, 0.4) is 0 Å². The third-order valence-electron chi connectivity index (χ3n) is 4.75. The number of hydrogen-bond acceptors (Lipinski definition) is 5. The van der Waals surface area contributed by atoms with Crippen LogP contribution in [-0.4, -0.2) is 67.1 Å². The van der Waals surface area contributed by atoms with Gasteiger partial charge in [-0.1, -0.05) is 37.6 Å². The molecule has 0 aromatic heterocycles. The third kappa shape index (κ3) is 6.68. The summed E-state index contributed by atoms with van der Waals surface area (Å²) < 4.78 is 0. The molecule has 0 saturated carbocycles. The summed E-state index contributed by atoms with van der Waals surface area (Å²) in [5.74, 6) is -0.312. The number of likely N-dealkylation sites (N-methyl/N-ethyl adjacent to an activating group) is 1. The molecule has 6 heteroatoms. The zero-order valence-electron chi connectivity index (χ0n) is 16.5. The molecule has 6 nitrogen and oxygen atoms in total. The summed E-state index contributed by atoms with van der Waals surface area (Å²) in [4.78, 5) is 21.9. The minimum atomic E-state index is -0.320. The number of nitrogens with two attached hydrogens (primary N) is 1. The van der Waals surface area contributed by atoms with Gasteiger partial charge in [0.2, 0.25) is 5.91 Å². The lowest BCUT2D eigenvalue weighted by Crippen LogP contribution is -2.39. The Bertz CT molecular complexity index is 564. The van der Waals surface area contributed by atoms with E-state index >= 15 is 0 Å². The van der Waals surface area contributed by atoms with E-state index in [1.807, 2.05) is 0 Å². The van der Waals surface area contributed by atoms with E-state index < -0.39 is 0 Å². The number of benzene rings is 1. The van der Waals surface area contributed by atoms with Gasteiger partial charge >= 0.3 is 0 Å². The molecule has 1 amide bonds. The van der Waals surface area contributed by atoms with Crippen molar-refractivity contribution in [2.24, 2.45) is 5.73 Å². The first-order valence-corrected chi connectivity index (χ1v) is 9.63. The summed E-state index contributed by atoms with van der Waals surface area (Å²) in [5, 5.41) is 1.72. The van der Waals surface area contributed by atoms with Crippen molar-refractivity contribution in [3.05, 3.63) is 35.4 Å². The molecule has 0 aliphatic carbocycles. The number of primary amides is 1. The highest BCUT2D eigenvalue weighted by Gasteiger charge is 2.30. The summed E-state index contributed by atoms with van der Waals surface area (Å²) in [6.45, 7) is 7.57. The van der Waals surface area contributed by atoms with E-state index in [2.05, 4.69) is 55.1 Å². The van der Waals surface area contributed by atoms with Gasteiger partial charge in [-0.25, -0.2) is 0 Å². The van der Waals surface area contributed by atoms with Crippen molar-refractivity contribution in [3.63, 3.8) is 0 Å². The molecule has 2 rings (SSSR count). The monoisotopic (exact) mass is 362 g/mol. The second-order valence-corrected chi connectivity index (χ2v) is 7.37.